The summed E-state index contributed by atoms with van der Waals surface area (Å²) in [4.78, 5) is 4.18. The van der Waals surface area contributed by atoms with E-state index in [9.17, 15) is 8.78 Å². The molecule has 9 heteroatoms. The van der Waals surface area contributed by atoms with Crippen LogP contribution < -0.4 is 5.32 Å². The van der Waals surface area contributed by atoms with Gasteiger partial charge in [0.2, 0.25) is 5.89 Å². The number of nitrogens with one attached hydrogen (secondary N) is 1. The molecule has 1 fully saturated rings. The van der Waals surface area contributed by atoms with E-state index in [2.05, 4.69) is 10.3 Å². The van der Waals surface area contributed by atoms with Crippen molar-refractivity contribution in [2.75, 3.05) is 13.2 Å². The Morgan fingerprint density at radius 1 is 1.07 bits per heavy atom. The maximum atomic E-state index is 15.5. The summed E-state index contributed by atoms with van der Waals surface area (Å²) in [5.41, 5.74) is -4.02. The number of oxazole rings is 1. The van der Waals surface area contributed by atoms with E-state index < -0.39 is 34.3 Å². The molecule has 1 aromatic heterocycles. The van der Waals surface area contributed by atoms with Crippen molar-refractivity contribution in [3.63, 3.8) is 0 Å². The lowest BCUT2D eigenvalue weighted by Crippen LogP contribution is -2.62. The normalized spacial score (nSPS) is 23.5. The van der Waals surface area contributed by atoms with Gasteiger partial charge in [0.25, 0.3) is 5.92 Å². The number of aromatic nitrogens is 1. The number of fused-ring (bicyclic) bond motifs is 1. The molecule has 4 nitrogen and oxygen atoms in total. The van der Waals surface area contributed by atoms with Crippen LogP contribution in [-0.2, 0) is 10.3 Å². The lowest BCUT2D eigenvalue weighted by atomic mass is 9.77. The molecular weight excluding hydrogens is 424 g/mol. The Kier molecular flexibility index (Phi) is 4.87. The Morgan fingerprint density at radius 2 is 1.80 bits per heavy atom. The summed E-state index contributed by atoms with van der Waals surface area (Å²) >= 11 is 5.94. The average Bonchev–Trinajstić information content (AvgIpc) is 3.04. The van der Waals surface area contributed by atoms with Crippen LogP contribution in [0.5, 0.6) is 0 Å². The molecule has 0 saturated carbocycles. The Bertz CT molecular complexity index is 1130. The van der Waals surface area contributed by atoms with E-state index in [1.54, 1.807) is 12.1 Å². The molecule has 4 rings (SSSR count). The molecule has 1 aliphatic rings. The van der Waals surface area contributed by atoms with E-state index in [1.807, 2.05) is 0 Å². The van der Waals surface area contributed by atoms with Gasteiger partial charge in [0.1, 0.15) is 28.3 Å². The van der Waals surface area contributed by atoms with E-state index >= 15 is 8.78 Å². The van der Waals surface area contributed by atoms with Crippen LogP contribution in [0.2, 0.25) is 5.02 Å². The van der Waals surface area contributed by atoms with Gasteiger partial charge in [-0.3, -0.25) is 0 Å². The lowest BCUT2D eigenvalue weighted by Gasteiger charge is -2.44. The van der Waals surface area contributed by atoms with Gasteiger partial charge < -0.3 is 14.5 Å². The van der Waals surface area contributed by atoms with E-state index in [1.165, 1.54) is 26.8 Å². The van der Waals surface area contributed by atoms with Gasteiger partial charge in [-0.05, 0) is 45.0 Å². The second-order valence-electron chi connectivity index (χ2n) is 7.93. The van der Waals surface area contributed by atoms with Crippen molar-refractivity contribution >= 4 is 22.7 Å². The molecule has 0 unspecified atom stereocenters. The number of rotatable bonds is 2. The van der Waals surface area contributed by atoms with Crippen molar-refractivity contribution in [3.8, 4) is 11.5 Å². The summed E-state index contributed by atoms with van der Waals surface area (Å²) in [5, 5.41) is 3.09. The zero-order valence-electron chi connectivity index (χ0n) is 16.5. The third-order valence-corrected chi connectivity index (χ3v) is 5.84. The molecule has 3 aromatic rings. The molecule has 30 heavy (non-hydrogen) atoms. The van der Waals surface area contributed by atoms with Crippen LogP contribution in [0.4, 0.5) is 17.6 Å². The van der Waals surface area contributed by atoms with Crippen molar-refractivity contribution in [2.24, 2.45) is 0 Å². The minimum Gasteiger partial charge on any atom is -0.436 e. The number of nitrogens with zero attached hydrogens (tertiary/aromatic N) is 1. The third kappa shape index (κ3) is 3.09. The molecule has 160 valence electrons. The van der Waals surface area contributed by atoms with Gasteiger partial charge in [-0.15, -0.1) is 0 Å². The molecule has 0 aliphatic carbocycles. The maximum Gasteiger partial charge on any atom is 0.297 e. The zero-order chi connectivity index (χ0) is 21.9. The van der Waals surface area contributed by atoms with Gasteiger partial charge in [-0.25, -0.2) is 22.5 Å². The molecule has 2 heterocycles. The maximum absolute atomic E-state index is 15.5. The summed E-state index contributed by atoms with van der Waals surface area (Å²) in [5.74, 6) is -5.80. The monoisotopic (exact) mass is 442 g/mol. The fourth-order valence-corrected chi connectivity index (χ4v) is 3.95. The quantitative estimate of drug-likeness (QED) is 0.519. The first-order chi connectivity index (χ1) is 14.0. The number of ether oxygens (including phenoxy) is 1. The summed E-state index contributed by atoms with van der Waals surface area (Å²) in [6.07, 6.45) is 0. The number of hydrogen-bond donors (Lipinski definition) is 1. The summed E-state index contributed by atoms with van der Waals surface area (Å²) in [7, 11) is 0. The second kappa shape index (κ2) is 6.93. The number of hydrogen-bond acceptors (Lipinski definition) is 4. The van der Waals surface area contributed by atoms with Gasteiger partial charge in [0.15, 0.2) is 5.58 Å². The van der Waals surface area contributed by atoms with Crippen LogP contribution in [0.15, 0.2) is 34.7 Å². The first kappa shape index (κ1) is 21.1. The van der Waals surface area contributed by atoms with Gasteiger partial charge >= 0.3 is 0 Å². The molecule has 2 aromatic carbocycles. The fourth-order valence-electron chi connectivity index (χ4n) is 3.79. The smallest absolute Gasteiger partial charge is 0.297 e. The minimum atomic E-state index is -3.54. The molecule has 1 aliphatic heterocycles. The highest BCUT2D eigenvalue weighted by Gasteiger charge is 2.63. The predicted molar refractivity (Wildman–Crippen MR) is 105 cm³/mol. The lowest BCUT2D eigenvalue weighted by molar-refractivity contribution is -0.216. The van der Waals surface area contributed by atoms with E-state index in [0.717, 1.165) is 6.07 Å². The van der Waals surface area contributed by atoms with Crippen molar-refractivity contribution in [1.82, 2.24) is 10.3 Å². The van der Waals surface area contributed by atoms with Crippen LogP contribution >= 0.6 is 11.6 Å². The van der Waals surface area contributed by atoms with Gasteiger partial charge in [-0.2, -0.15) is 0 Å². The third-order valence-electron chi connectivity index (χ3n) is 5.60. The van der Waals surface area contributed by atoms with Gasteiger partial charge in [-0.1, -0.05) is 11.6 Å². The van der Waals surface area contributed by atoms with E-state index in [-0.39, 0.29) is 24.6 Å². The number of halogens is 5. The average molecular weight is 443 g/mol. The molecule has 1 atom stereocenters. The molecule has 0 radical (unpaired) electrons. The Balaban J connectivity index is 1.91. The zero-order valence-corrected chi connectivity index (χ0v) is 17.2. The first-order valence-electron chi connectivity index (χ1n) is 9.29. The Morgan fingerprint density at radius 3 is 2.53 bits per heavy atom. The molecule has 0 bridgehead atoms. The highest BCUT2D eigenvalue weighted by atomic mass is 35.5. The number of benzene rings is 2. The minimum absolute atomic E-state index is 0.0136. The van der Waals surface area contributed by atoms with Crippen molar-refractivity contribution < 1.29 is 26.7 Å². The van der Waals surface area contributed by atoms with Crippen LogP contribution in [0.25, 0.3) is 22.6 Å². The SMILES string of the molecule is CC1(C)OCCN[C@](C)(c2cc(-c3nc4cc(Cl)ccc4o3)c(F)cc2F)C1(F)F. The molecule has 1 N–H and O–H groups in total. The van der Waals surface area contributed by atoms with E-state index in [4.69, 9.17) is 20.8 Å². The van der Waals surface area contributed by atoms with Crippen molar-refractivity contribution in [2.45, 2.75) is 37.8 Å². The first-order valence-corrected chi connectivity index (χ1v) is 9.67. The molecular formula is C21H19ClF4N2O2. The summed E-state index contributed by atoms with van der Waals surface area (Å²) < 4.78 is 71.3. The standard InChI is InChI=1S/C21H19ClF4N2O2/c1-19(2)21(25,26)20(3,27-6-7-29-19)13-9-12(14(23)10-15(13)24)18-28-16-8-11(22)4-5-17(16)30-18/h4-5,8-10,27H,6-7H2,1-3H3/t20-/m1/s1. The van der Waals surface area contributed by atoms with Crippen LogP contribution in [-0.4, -0.2) is 29.7 Å². The largest absolute Gasteiger partial charge is 0.436 e. The molecule has 1 saturated heterocycles. The summed E-state index contributed by atoms with van der Waals surface area (Å²) in [6.45, 7) is 3.73. The topological polar surface area (TPSA) is 47.3 Å². The van der Waals surface area contributed by atoms with Crippen LogP contribution in [0, 0.1) is 11.6 Å². The van der Waals surface area contributed by atoms with Crippen LogP contribution in [0.3, 0.4) is 0 Å². The molecule has 0 amide bonds. The number of alkyl halides is 2. The van der Waals surface area contributed by atoms with Gasteiger partial charge in [0, 0.05) is 23.2 Å². The Labute approximate surface area is 175 Å². The second-order valence-corrected chi connectivity index (χ2v) is 8.36. The van der Waals surface area contributed by atoms with Crippen molar-refractivity contribution in [1.29, 1.82) is 0 Å². The predicted octanol–water partition coefficient (Wildman–Crippen LogP) is 5.68. The fraction of sp³-hybridized carbons (Fsp3) is 0.381. The van der Waals surface area contributed by atoms with E-state index in [0.29, 0.717) is 22.2 Å². The van der Waals surface area contributed by atoms with Crippen molar-refractivity contribution in [3.05, 3.63) is 52.6 Å². The Hall–Kier alpha value is -2.16. The van der Waals surface area contributed by atoms with Gasteiger partial charge in [0.05, 0.1) is 12.2 Å². The highest BCUT2D eigenvalue weighted by Crippen LogP contribution is 2.48. The highest BCUT2D eigenvalue weighted by molar-refractivity contribution is 6.31. The summed E-state index contributed by atoms with van der Waals surface area (Å²) in [6, 6.07) is 6.23. The molecule has 0 spiro atoms. The van der Waals surface area contributed by atoms with Crippen LogP contribution in [0.1, 0.15) is 26.3 Å².